The molecule has 0 radical (unpaired) electrons. The Hall–Kier alpha value is -2.10. The van der Waals surface area contributed by atoms with Crippen LogP contribution >= 0.6 is 0 Å². The number of aryl methyl sites for hydroxylation is 2. The van der Waals surface area contributed by atoms with Gasteiger partial charge >= 0.3 is 0 Å². The topological polar surface area (TPSA) is 41.0 Å². The summed E-state index contributed by atoms with van der Waals surface area (Å²) in [6.07, 6.45) is 3.85. The van der Waals surface area contributed by atoms with Crippen molar-refractivity contribution < 1.29 is 0 Å². The fraction of sp³-hybridized carbons (Fsp3) is 0.444. The summed E-state index contributed by atoms with van der Waals surface area (Å²) in [6.45, 7) is 7.07. The van der Waals surface area contributed by atoms with Gasteiger partial charge in [-0.2, -0.15) is 0 Å². The monoisotopic (exact) mass is 296 g/mol. The fourth-order valence-electron chi connectivity index (χ4n) is 2.83. The average molecular weight is 296 g/mol. The predicted octanol–water partition coefficient (Wildman–Crippen LogP) is 3.70. The summed E-state index contributed by atoms with van der Waals surface area (Å²) < 4.78 is 0. The fourth-order valence-corrected chi connectivity index (χ4v) is 2.83. The molecule has 0 atom stereocenters. The summed E-state index contributed by atoms with van der Waals surface area (Å²) in [4.78, 5) is 11.5. The van der Waals surface area contributed by atoms with Crippen molar-refractivity contribution in [3.63, 3.8) is 0 Å². The number of aromatic nitrogens is 2. The minimum Gasteiger partial charge on any atom is -0.366 e. The largest absolute Gasteiger partial charge is 0.366 e. The van der Waals surface area contributed by atoms with E-state index >= 15 is 0 Å². The lowest BCUT2D eigenvalue weighted by molar-refractivity contribution is 0.572. The molecule has 0 unspecified atom stereocenters. The van der Waals surface area contributed by atoms with Crippen molar-refractivity contribution in [1.29, 1.82) is 0 Å². The predicted molar refractivity (Wildman–Crippen MR) is 91.3 cm³/mol. The molecule has 116 valence electrons. The Kier molecular flexibility index (Phi) is 4.56. The van der Waals surface area contributed by atoms with Gasteiger partial charge in [-0.05, 0) is 38.7 Å². The summed E-state index contributed by atoms with van der Waals surface area (Å²) in [7, 11) is 0. The van der Waals surface area contributed by atoms with Gasteiger partial charge < -0.3 is 10.2 Å². The molecule has 1 fully saturated rings. The molecule has 0 amide bonds. The number of hydrogen-bond acceptors (Lipinski definition) is 4. The number of nitrogens with zero attached hydrogens (tertiary/aromatic N) is 3. The van der Waals surface area contributed by atoms with Crippen LogP contribution in [0.3, 0.4) is 0 Å². The molecule has 1 aliphatic heterocycles. The first-order valence-corrected chi connectivity index (χ1v) is 8.11. The van der Waals surface area contributed by atoms with Crippen LogP contribution in [0.25, 0.3) is 0 Å². The summed E-state index contributed by atoms with van der Waals surface area (Å²) >= 11 is 0. The Morgan fingerprint density at radius 2 is 1.73 bits per heavy atom. The second-order valence-corrected chi connectivity index (χ2v) is 6.05. The normalized spacial score (nSPS) is 14.9. The van der Waals surface area contributed by atoms with E-state index in [1.165, 1.54) is 30.4 Å². The zero-order valence-electron chi connectivity index (χ0n) is 13.5. The number of piperidine rings is 1. The molecule has 4 nitrogen and oxygen atoms in total. The molecule has 0 spiro atoms. The third-order valence-corrected chi connectivity index (χ3v) is 4.10. The first-order valence-electron chi connectivity index (χ1n) is 8.11. The number of anilines is 2. The third kappa shape index (κ3) is 3.75. The first kappa shape index (κ1) is 14.8. The van der Waals surface area contributed by atoms with Gasteiger partial charge in [0.2, 0.25) is 0 Å². The molecule has 2 aromatic rings. The number of hydrogen-bond donors (Lipinski definition) is 1. The lowest BCUT2D eigenvalue weighted by Crippen LogP contribution is -2.30. The van der Waals surface area contributed by atoms with Gasteiger partial charge in [0.15, 0.2) is 0 Å². The van der Waals surface area contributed by atoms with E-state index in [0.29, 0.717) is 0 Å². The minimum absolute atomic E-state index is 0.788. The van der Waals surface area contributed by atoms with Crippen LogP contribution in [0.4, 0.5) is 11.6 Å². The molecule has 1 saturated heterocycles. The van der Waals surface area contributed by atoms with E-state index < -0.39 is 0 Å². The second kappa shape index (κ2) is 6.77. The Morgan fingerprint density at radius 3 is 2.45 bits per heavy atom. The number of nitrogens with one attached hydrogen (secondary N) is 1. The third-order valence-electron chi connectivity index (χ3n) is 4.10. The second-order valence-electron chi connectivity index (χ2n) is 6.05. The molecule has 4 heteroatoms. The smallest absolute Gasteiger partial charge is 0.134 e. The number of rotatable bonds is 4. The molecule has 3 rings (SSSR count). The van der Waals surface area contributed by atoms with Crippen molar-refractivity contribution in [3.05, 3.63) is 47.3 Å². The lowest BCUT2D eigenvalue weighted by atomic mass is 10.1. The lowest BCUT2D eigenvalue weighted by Gasteiger charge is -2.28. The maximum absolute atomic E-state index is 4.60. The highest BCUT2D eigenvalue weighted by molar-refractivity contribution is 5.50. The molecule has 22 heavy (non-hydrogen) atoms. The van der Waals surface area contributed by atoms with Crippen molar-refractivity contribution in [2.75, 3.05) is 23.3 Å². The molecule has 0 aliphatic carbocycles. The molecule has 1 aromatic heterocycles. The minimum atomic E-state index is 0.788. The van der Waals surface area contributed by atoms with E-state index in [0.717, 1.165) is 37.1 Å². The van der Waals surface area contributed by atoms with Gasteiger partial charge in [-0.3, -0.25) is 0 Å². The molecular weight excluding hydrogens is 272 g/mol. The van der Waals surface area contributed by atoms with Crippen LogP contribution in [-0.4, -0.2) is 23.1 Å². The summed E-state index contributed by atoms with van der Waals surface area (Å²) in [6, 6.07) is 10.7. The quantitative estimate of drug-likeness (QED) is 0.934. The van der Waals surface area contributed by atoms with E-state index in [-0.39, 0.29) is 0 Å². The van der Waals surface area contributed by atoms with Crippen molar-refractivity contribution in [3.8, 4) is 0 Å². The van der Waals surface area contributed by atoms with Crippen LogP contribution < -0.4 is 10.2 Å². The van der Waals surface area contributed by atoms with Gasteiger partial charge in [0.05, 0.1) is 0 Å². The van der Waals surface area contributed by atoms with Crippen LogP contribution in [0.2, 0.25) is 0 Å². The Morgan fingerprint density at radius 1 is 1.00 bits per heavy atom. The van der Waals surface area contributed by atoms with Crippen LogP contribution in [-0.2, 0) is 6.54 Å². The summed E-state index contributed by atoms with van der Waals surface area (Å²) in [5.41, 5.74) is 2.55. The van der Waals surface area contributed by atoms with E-state index in [1.807, 2.05) is 6.92 Å². The SMILES string of the molecule is Cc1ccc(CNc2cc(N3CCCCC3)nc(C)n2)cc1. The van der Waals surface area contributed by atoms with Crippen LogP contribution in [0.1, 0.15) is 36.2 Å². The Labute approximate surface area is 132 Å². The summed E-state index contributed by atoms with van der Waals surface area (Å²) in [5.74, 6) is 2.79. The number of benzene rings is 1. The molecule has 1 N–H and O–H groups in total. The maximum atomic E-state index is 4.60. The van der Waals surface area contributed by atoms with Gasteiger partial charge in [0.1, 0.15) is 17.5 Å². The molecule has 2 heterocycles. The van der Waals surface area contributed by atoms with Crippen molar-refractivity contribution >= 4 is 11.6 Å². The van der Waals surface area contributed by atoms with Crippen molar-refractivity contribution in [2.45, 2.75) is 39.7 Å². The average Bonchev–Trinajstić information content (AvgIpc) is 2.55. The highest BCUT2D eigenvalue weighted by atomic mass is 15.2. The molecule has 1 aromatic carbocycles. The van der Waals surface area contributed by atoms with E-state index in [2.05, 4.69) is 57.4 Å². The Balaban J connectivity index is 1.70. The molecular formula is C18H24N4. The van der Waals surface area contributed by atoms with Gasteiger partial charge in [-0.15, -0.1) is 0 Å². The standard InChI is InChI=1S/C18H24N4/c1-14-6-8-16(9-7-14)13-19-17-12-18(21-15(2)20-17)22-10-4-3-5-11-22/h6-9,12H,3-5,10-11,13H2,1-2H3,(H,19,20,21). The van der Waals surface area contributed by atoms with Crippen molar-refractivity contribution in [2.24, 2.45) is 0 Å². The summed E-state index contributed by atoms with van der Waals surface area (Å²) in [5, 5.41) is 3.42. The van der Waals surface area contributed by atoms with E-state index in [9.17, 15) is 0 Å². The molecule has 0 bridgehead atoms. The Bertz CT molecular complexity index is 615. The zero-order chi connectivity index (χ0) is 15.4. The van der Waals surface area contributed by atoms with Crippen LogP contribution in [0.5, 0.6) is 0 Å². The zero-order valence-corrected chi connectivity index (χ0v) is 13.5. The van der Waals surface area contributed by atoms with E-state index in [1.54, 1.807) is 0 Å². The van der Waals surface area contributed by atoms with Crippen LogP contribution in [0, 0.1) is 13.8 Å². The van der Waals surface area contributed by atoms with Gasteiger partial charge in [0, 0.05) is 25.7 Å². The van der Waals surface area contributed by atoms with Gasteiger partial charge in [-0.25, -0.2) is 9.97 Å². The van der Waals surface area contributed by atoms with Crippen molar-refractivity contribution in [1.82, 2.24) is 9.97 Å². The van der Waals surface area contributed by atoms with Crippen LogP contribution in [0.15, 0.2) is 30.3 Å². The highest BCUT2D eigenvalue weighted by Gasteiger charge is 2.13. The molecule has 1 aliphatic rings. The van der Waals surface area contributed by atoms with Gasteiger partial charge in [0.25, 0.3) is 0 Å². The highest BCUT2D eigenvalue weighted by Crippen LogP contribution is 2.20. The van der Waals surface area contributed by atoms with E-state index in [4.69, 9.17) is 0 Å². The van der Waals surface area contributed by atoms with Gasteiger partial charge in [-0.1, -0.05) is 29.8 Å². The maximum Gasteiger partial charge on any atom is 0.134 e. The first-order chi connectivity index (χ1) is 10.7. The molecule has 0 saturated carbocycles.